The Bertz CT molecular complexity index is 130. The van der Waals surface area contributed by atoms with Gasteiger partial charge in [0.2, 0.25) is 0 Å². The lowest BCUT2D eigenvalue weighted by atomic mass is 9.97. The lowest BCUT2D eigenvalue weighted by Crippen LogP contribution is -2.23. The normalized spacial score (nSPS) is 22.9. The third-order valence-corrected chi connectivity index (χ3v) is 2.77. The SMILES string of the molecule is CC(C)CNCCCC1CCCOC1. The molecule has 0 aliphatic carbocycles. The third-order valence-electron chi connectivity index (χ3n) is 2.77. The molecule has 1 aliphatic heterocycles. The molecule has 0 bridgehead atoms. The predicted molar refractivity (Wildman–Crippen MR) is 60.5 cm³/mol. The first-order valence-corrected chi connectivity index (χ1v) is 6.07. The van der Waals surface area contributed by atoms with Crippen LogP contribution in [0, 0.1) is 11.8 Å². The van der Waals surface area contributed by atoms with Crippen LogP contribution >= 0.6 is 0 Å². The molecule has 0 amide bonds. The smallest absolute Gasteiger partial charge is 0.0494 e. The van der Waals surface area contributed by atoms with Crippen LogP contribution in [0.15, 0.2) is 0 Å². The maximum Gasteiger partial charge on any atom is 0.0494 e. The van der Waals surface area contributed by atoms with Gasteiger partial charge in [-0.15, -0.1) is 0 Å². The fourth-order valence-corrected chi connectivity index (χ4v) is 1.94. The number of nitrogens with one attached hydrogen (secondary N) is 1. The Balaban J connectivity index is 1.87. The summed E-state index contributed by atoms with van der Waals surface area (Å²) in [4.78, 5) is 0. The average Bonchev–Trinajstić information content (AvgIpc) is 2.18. The predicted octanol–water partition coefficient (Wildman–Crippen LogP) is 2.44. The Labute approximate surface area is 88.4 Å². The third kappa shape index (κ3) is 5.61. The number of ether oxygens (including phenoxy) is 1. The molecular weight excluding hydrogens is 174 g/mol. The van der Waals surface area contributed by atoms with Crippen molar-refractivity contribution in [2.75, 3.05) is 26.3 Å². The fourth-order valence-electron chi connectivity index (χ4n) is 1.94. The Morgan fingerprint density at radius 2 is 2.29 bits per heavy atom. The summed E-state index contributed by atoms with van der Waals surface area (Å²) in [6.45, 7) is 8.83. The van der Waals surface area contributed by atoms with Gasteiger partial charge in [-0.1, -0.05) is 13.8 Å². The number of hydrogen-bond acceptors (Lipinski definition) is 2. The van der Waals surface area contributed by atoms with Crippen molar-refractivity contribution in [2.45, 2.75) is 39.5 Å². The molecule has 0 aromatic rings. The van der Waals surface area contributed by atoms with Gasteiger partial charge >= 0.3 is 0 Å². The van der Waals surface area contributed by atoms with Crippen molar-refractivity contribution in [1.82, 2.24) is 5.32 Å². The van der Waals surface area contributed by atoms with Gasteiger partial charge in [0, 0.05) is 13.2 Å². The molecule has 0 radical (unpaired) electrons. The summed E-state index contributed by atoms with van der Waals surface area (Å²) in [7, 11) is 0. The number of hydrogen-bond donors (Lipinski definition) is 1. The first-order chi connectivity index (χ1) is 6.79. The summed E-state index contributed by atoms with van der Waals surface area (Å²) >= 11 is 0. The van der Waals surface area contributed by atoms with Gasteiger partial charge in [0.1, 0.15) is 0 Å². The molecule has 1 fully saturated rings. The lowest BCUT2D eigenvalue weighted by molar-refractivity contribution is 0.0510. The van der Waals surface area contributed by atoms with Crippen molar-refractivity contribution >= 4 is 0 Å². The largest absolute Gasteiger partial charge is 0.381 e. The molecule has 14 heavy (non-hydrogen) atoms. The minimum atomic E-state index is 0.771. The summed E-state index contributed by atoms with van der Waals surface area (Å²) in [5.74, 6) is 1.61. The molecule has 0 spiro atoms. The van der Waals surface area contributed by atoms with Crippen molar-refractivity contribution in [3.05, 3.63) is 0 Å². The van der Waals surface area contributed by atoms with Crippen LogP contribution in [0.1, 0.15) is 39.5 Å². The molecule has 1 unspecified atom stereocenters. The van der Waals surface area contributed by atoms with Crippen molar-refractivity contribution in [3.63, 3.8) is 0 Å². The zero-order valence-electron chi connectivity index (χ0n) is 9.72. The highest BCUT2D eigenvalue weighted by atomic mass is 16.5. The van der Waals surface area contributed by atoms with Crippen molar-refractivity contribution in [1.29, 1.82) is 0 Å². The topological polar surface area (TPSA) is 21.3 Å². The Kier molecular flexibility index (Phi) is 6.20. The molecule has 1 aliphatic rings. The molecule has 0 aromatic heterocycles. The van der Waals surface area contributed by atoms with Crippen LogP contribution in [0.3, 0.4) is 0 Å². The van der Waals surface area contributed by atoms with Gasteiger partial charge < -0.3 is 10.1 Å². The standard InChI is InChI=1S/C12H25NO/c1-11(2)9-13-7-3-5-12-6-4-8-14-10-12/h11-13H,3-10H2,1-2H3. The Morgan fingerprint density at radius 3 is 2.93 bits per heavy atom. The second-order valence-electron chi connectivity index (χ2n) is 4.82. The van der Waals surface area contributed by atoms with Crippen LogP contribution in [0.25, 0.3) is 0 Å². The monoisotopic (exact) mass is 199 g/mol. The second kappa shape index (κ2) is 7.24. The molecule has 2 heteroatoms. The van der Waals surface area contributed by atoms with Gasteiger partial charge in [-0.2, -0.15) is 0 Å². The van der Waals surface area contributed by atoms with E-state index in [0.717, 1.165) is 31.6 Å². The van der Waals surface area contributed by atoms with E-state index in [2.05, 4.69) is 19.2 Å². The van der Waals surface area contributed by atoms with E-state index in [1.807, 2.05) is 0 Å². The highest BCUT2D eigenvalue weighted by molar-refractivity contribution is 4.64. The zero-order valence-corrected chi connectivity index (χ0v) is 9.72. The van der Waals surface area contributed by atoms with Crippen molar-refractivity contribution in [3.8, 4) is 0 Å². The van der Waals surface area contributed by atoms with Crippen molar-refractivity contribution in [2.24, 2.45) is 11.8 Å². The minimum absolute atomic E-state index is 0.771. The van der Waals surface area contributed by atoms with Crippen LogP contribution in [0.5, 0.6) is 0 Å². The van der Waals surface area contributed by atoms with Crippen molar-refractivity contribution < 1.29 is 4.74 Å². The number of rotatable bonds is 6. The maximum atomic E-state index is 5.46. The summed E-state index contributed by atoms with van der Waals surface area (Å²) in [6, 6.07) is 0. The van der Waals surface area contributed by atoms with Gasteiger partial charge in [0.25, 0.3) is 0 Å². The Morgan fingerprint density at radius 1 is 1.43 bits per heavy atom. The average molecular weight is 199 g/mol. The van der Waals surface area contributed by atoms with E-state index in [0.29, 0.717) is 0 Å². The molecular formula is C12H25NO. The van der Waals surface area contributed by atoms with Crippen LogP contribution in [0.2, 0.25) is 0 Å². The van der Waals surface area contributed by atoms with Gasteiger partial charge in [0.05, 0.1) is 0 Å². The Hall–Kier alpha value is -0.0800. The quantitative estimate of drug-likeness (QED) is 0.663. The molecule has 1 N–H and O–H groups in total. The minimum Gasteiger partial charge on any atom is -0.381 e. The van der Waals surface area contributed by atoms with E-state index in [9.17, 15) is 0 Å². The van der Waals surface area contributed by atoms with E-state index in [4.69, 9.17) is 4.74 Å². The van der Waals surface area contributed by atoms with Crippen LogP contribution in [-0.2, 0) is 4.74 Å². The molecule has 2 nitrogen and oxygen atoms in total. The lowest BCUT2D eigenvalue weighted by Gasteiger charge is -2.21. The summed E-state index contributed by atoms with van der Waals surface area (Å²) in [5.41, 5.74) is 0. The van der Waals surface area contributed by atoms with Crippen LogP contribution in [0.4, 0.5) is 0 Å². The molecule has 1 rings (SSSR count). The maximum absolute atomic E-state index is 5.46. The molecule has 1 heterocycles. The van der Waals surface area contributed by atoms with Gasteiger partial charge in [-0.05, 0) is 50.6 Å². The van der Waals surface area contributed by atoms with E-state index in [1.54, 1.807) is 0 Å². The van der Waals surface area contributed by atoms with E-state index in [-0.39, 0.29) is 0 Å². The van der Waals surface area contributed by atoms with Crippen LogP contribution < -0.4 is 5.32 Å². The highest BCUT2D eigenvalue weighted by Crippen LogP contribution is 2.18. The molecule has 84 valence electrons. The molecule has 0 aromatic carbocycles. The fraction of sp³-hybridized carbons (Fsp3) is 1.00. The highest BCUT2D eigenvalue weighted by Gasteiger charge is 2.12. The molecule has 1 atom stereocenters. The molecule has 0 saturated carbocycles. The first kappa shape index (κ1) is 12.0. The zero-order chi connectivity index (χ0) is 10.2. The summed E-state index contributed by atoms with van der Waals surface area (Å²) in [5, 5.41) is 3.48. The van der Waals surface area contributed by atoms with Gasteiger partial charge in [-0.25, -0.2) is 0 Å². The van der Waals surface area contributed by atoms with E-state index < -0.39 is 0 Å². The second-order valence-corrected chi connectivity index (χ2v) is 4.82. The van der Waals surface area contributed by atoms with Crippen LogP contribution in [-0.4, -0.2) is 26.3 Å². The van der Waals surface area contributed by atoms with E-state index in [1.165, 1.54) is 32.2 Å². The van der Waals surface area contributed by atoms with Gasteiger partial charge in [0.15, 0.2) is 0 Å². The first-order valence-electron chi connectivity index (χ1n) is 6.07. The summed E-state index contributed by atoms with van der Waals surface area (Å²) < 4.78 is 5.46. The molecule has 1 saturated heterocycles. The summed E-state index contributed by atoms with van der Waals surface area (Å²) in [6.07, 6.45) is 5.29. The van der Waals surface area contributed by atoms with Gasteiger partial charge in [-0.3, -0.25) is 0 Å². The van der Waals surface area contributed by atoms with E-state index >= 15 is 0 Å².